The van der Waals surface area contributed by atoms with E-state index in [1.165, 1.54) is 14.2 Å². The quantitative estimate of drug-likeness (QED) is 0.447. The van der Waals surface area contributed by atoms with E-state index in [1.54, 1.807) is 0 Å². The molecular weight excluding hydrogens is 394 g/mol. The number of benzene rings is 1. The van der Waals surface area contributed by atoms with Crippen molar-refractivity contribution < 1.29 is 28.6 Å². The van der Waals surface area contributed by atoms with E-state index in [0.717, 1.165) is 29.8 Å². The predicted octanol–water partition coefficient (Wildman–Crippen LogP) is 3.42. The fraction of sp³-hybridized carbons (Fsp3) is 0.429. The maximum Gasteiger partial charge on any atom is 0.330 e. The molecule has 0 aliphatic carbocycles. The van der Waals surface area contributed by atoms with Gasteiger partial charge in [0.25, 0.3) is 5.23 Å². The molecule has 0 aromatic heterocycles. The predicted molar refractivity (Wildman–Crippen MR) is 110 cm³/mol. The monoisotopic (exact) mass is 419 g/mol. The Morgan fingerprint density at radius 1 is 1.17 bits per heavy atom. The molecule has 0 unspecified atom stereocenters. The Labute approximate surface area is 174 Å². The van der Waals surface area contributed by atoms with Gasteiger partial charge >= 0.3 is 11.9 Å². The first-order chi connectivity index (χ1) is 13.9. The van der Waals surface area contributed by atoms with E-state index >= 15 is 0 Å². The van der Waals surface area contributed by atoms with Crippen molar-refractivity contribution in [2.45, 2.75) is 44.8 Å². The summed E-state index contributed by atoms with van der Waals surface area (Å²) in [5, 5.41) is -0.0661. The van der Waals surface area contributed by atoms with Gasteiger partial charge < -0.3 is 14.2 Å². The Morgan fingerprint density at radius 2 is 1.90 bits per heavy atom. The van der Waals surface area contributed by atoms with Gasteiger partial charge in [0.1, 0.15) is 6.61 Å². The second kappa shape index (κ2) is 10.8. The standard InChI is InChI=1S/C21H25NO6S/c1-4-5-11-21(16(12-17(23)26-2)13-18(24)27-3)19(25)29-20(22-21)28-14-15-9-7-6-8-10-15/h6-10,12H,4-5,11,13-14H2,1-3H3/b16-12+/t21-/m0/s1. The lowest BCUT2D eigenvalue weighted by Crippen LogP contribution is -2.36. The highest BCUT2D eigenvalue weighted by molar-refractivity contribution is 8.26. The summed E-state index contributed by atoms with van der Waals surface area (Å²) in [6.07, 6.45) is 2.78. The third-order valence-corrected chi connectivity index (χ3v) is 5.39. The second-order valence-electron chi connectivity index (χ2n) is 6.45. The average Bonchev–Trinajstić information content (AvgIpc) is 3.07. The molecule has 1 aliphatic heterocycles. The van der Waals surface area contributed by atoms with Crippen LogP contribution in [0.5, 0.6) is 0 Å². The molecule has 0 bridgehead atoms. The van der Waals surface area contributed by atoms with Gasteiger partial charge in [-0.05, 0) is 17.6 Å². The molecule has 8 heteroatoms. The highest BCUT2D eigenvalue weighted by atomic mass is 32.2. The Hall–Kier alpha value is -2.61. The van der Waals surface area contributed by atoms with Gasteiger partial charge in [-0.3, -0.25) is 9.59 Å². The minimum absolute atomic E-state index is 0.218. The van der Waals surface area contributed by atoms with Gasteiger partial charge in [-0.2, -0.15) is 0 Å². The molecule has 1 aromatic carbocycles. The van der Waals surface area contributed by atoms with E-state index in [2.05, 4.69) is 4.99 Å². The van der Waals surface area contributed by atoms with Crippen molar-refractivity contribution in [1.82, 2.24) is 0 Å². The van der Waals surface area contributed by atoms with Crippen LogP contribution in [0, 0.1) is 0 Å². The molecule has 1 atom stereocenters. The minimum Gasteiger partial charge on any atom is -0.469 e. The van der Waals surface area contributed by atoms with Crippen LogP contribution in [0.25, 0.3) is 0 Å². The maximum atomic E-state index is 13.0. The number of methoxy groups -OCH3 is 2. The zero-order valence-corrected chi connectivity index (χ0v) is 17.6. The lowest BCUT2D eigenvalue weighted by molar-refractivity contribution is -0.139. The van der Waals surface area contributed by atoms with Crippen molar-refractivity contribution in [3.05, 3.63) is 47.5 Å². The van der Waals surface area contributed by atoms with Crippen LogP contribution in [0.1, 0.15) is 38.2 Å². The molecule has 2 rings (SSSR count). The fourth-order valence-corrected chi connectivity index (χ4v) is 3.79. The zero-order valence-electron chi connectivity index (χ0n) is 16.8. The molecule has 1 heterocycles. The first-order valence-electron chi connectivity index (χ1n) is 9.29. The first kappa shape index (κ1) is 22.7. The highest BCUT2D eigenvalue weighted by Gasteiger charge is 2.48. The molecule has 29 heavy (non-hydrogen) atoms. The maximum absolute atomic E-state index is 13.0. The average molecular weight is 419 g/mol. The molecule has 0 spiro atoms. The molecule has 0 saturated heterocycles. The molecule has 0 N–H and O–H groups in total. The van der Waals surface area contributed by atoms with Crippen LogP contribution in [0.3, 0.4) is 0 Å². The van der Waals surface area contributed by atoms with Crippen molar-refractivity contribution >= 4 is 34.0 Å². The number of esters is 2. The largest absolute Gasteiger partial charge is 0.469 e. The van der Waals surface area contributed by atoms with Crippen molar-refractivity contribution in [1.29, 1.82) is 0 Å². The van der Waals surface area contributed by atoms with Crippen molar-refractivity contribution in [3.8, 4) is 0 Å². The number of rotatable bonds is 9. The van der Waals surface area contributed by atoms with Crippen LogP contribution in [-0.2, 0) is 35.2 Å². The molecule has 1 aromatic rings. The molecule has 1 aliphatic rings. The van der Waals surface area contributed by atoms with Crippen LogP contribution in [0.2, 0.25) is 0 Å². The van der Waals surface area contributed by atoms with Gasteiger partial charge in [0.2, 0.25) is 5.12 Å². The van der Waals surface area contributed by atoms with Gasteiger partial charge in [-0.15, -0.1) is 0 Å². The number of ether oxygens (including phenoxy) is 3. The lowest BCUT2D eigenvalue weighted by Gasteiger charge is -2.26. The van der Waals surface area contributed by atoms with Crippen molar-refractivity contribution in [2.75, 3.05) is 14.2 Å². The third-order valence-electron chi connectivity index (χ3n) is 4.48. The summed E-state index contributed by atoms with van der Waals surface area (Å²) >= 11 is 0.884. The topological polar surface area (TPSA) is 91.3 Å². The Morgan fingerprint density at radius 3 is 2.52 bits per heavy atom. The van der Waals surface area contributed by atoms with Crippen LogP contribution >= 0.6 is 11.8 Å². The van der Waals surface area contributed by atoms with E-state index in [0.29, 0.717) is 12.8 Å². The van der Waals surface area contributed by atoms with Gasteiger partial charge in [-0.1, -0.05) is 50.1 Å². The highest BCUT2D eigenvalue weighted by Crippen LogP contribution is 2.41. The molecule has 0 radical (unpaired) electrons. The fourth-order valence-electron chi connectivity index (χ4n) is 2.87. The number of nitrogens with zero attached hydrogens (tertiary/aromatic N) is 1. The zero-order chi connectivity index (χ0) is 21.3. The number of carbonyl (C=O) groups excluding carboxylic acids is 3. The smallest absolute Gasteiger partial charge is 0.330 e. The summed E-state index contributed by atoms with van der Waals surface area (Å²) in [6.45, 7) is 2.25. The molecular formula is C21H25NO6S. The number of hydrogen-bond acceptors (Lipinski definition) is 8. The Bertz CT molecular complexity index is 805. The summed E-state index contributed by atoms with van der Waals surface area (Å²) in [7, 11) is 2.48. The van der Waals surface area contributed by atoms with Gasteiger partial charge in [0.05, 0.1) is 20.6 Å². The summed E-state index contributed by atoms with van der Waals surface area (Å²) < 4.78 is 15.2. The number of unbranched alkanes of at least 4 members (excludes halogenated alkanes) is 1. The SMILES string of the molecule is CCCC[C@@]1(/C(=C/C(=O)OC)CC(=O)OC)N=C(OCc2ccccc2)SC1=O. The van der Waals surface area contributed by atoms with E-state index in [9.17, 15) is 14.4 Å². The normalized spacial score (nSPS) is 18.9. The number of thioether (sulfide) groups is 1. The van der Waals surface area contributed by atoms with E-state index in [-0.39, 0.29) is 28.9 Å². The Kier molecular flexibility index (Phi) is 8.45. The summed E-state index contributed by atoms with van der Waals surface area (Å²) in [4.78, 5) is 41.4. The summed E-state index contributed by atoms with van der Waals surface area (Å²) in [6, 6.07) is 9.51. The molecule has 156 valence electrons. The molecule has 0 amide bonds. The van der Waals surface area contributed by atoms with Crippen LogP contribution in [0.4, 0.5) is 0 Å². The third kappa shape index (κ3) is 5.93. The number of carbonyl (C=O) groups is 3. The molecule has 0 saturated carbocycles. The lowest BCUT2D eigenvalue weighted by atomic mass is 9.84. The molecule has 0 fully saturated rings. The summed E-state index contributed by atoms with van der Waals surface area (Å²) in [5.74, 6) is -1.23. The van der Waals surface area contributed by atoms with E-state index < -0.39 is 17.5 Å². The van der Waals surface area contributed by atoms with Crippen molar-refractivity contribution in [2.24, 2.45) is 4.99 Å². The molecule has 7 nitrogen and oxygen atoms in total. The van der Waals surface area contributed by atoms with Crippen LogP contribution in [0.15, 0.2) is 47.0 Å². The van der Waals surface area contributed by atoms with Crippen molar-refractivity contribution in [3.63, 3.8) is 0 Å². The van der Waals surface area contributed by atoms with Crippen LogP contribution in [-0.4, -0.2) is 42.0 Å². The van der Waals surface area contributed by atoms with Gasteiger partial charge in [-0.25, -0.2) is 9.79 Å². The minimum atomic E-state index is -1.35. The number of hydrogen-bond donors (Lipinski definition) is 0. The number of aliphatic imine (C=N–C) groups is 1. The first-order valence-corrected chi connectivity index (χ1v) is 10.1. The van der Waals surface area contributed by atoms with Crippen LogP contribution < -0.4 is 0 Å². The van der Waals surface area contributed by atoms with E-state index in [4.69, 9.17) is 14.2 Å². The Balaban J connectivity index is 2.37. The van der Waals surface area contributed by atoms with E-state index in [1.807, 2.05) is 37.3 Å². The van der Waals surface area contributed by atoms with Gasteiger partial charge in [0, 0.05) is 17.8 Å². The van der Waals surface area contributed by atoms with Gasteiger partial charge in [0.15, 0.2) is 5.54 Å². The summed E-state index contributed by atoms with van der Waals surface area (Å²) in [5.41, 5.74) is -0.163. The second-order valence-corrected chi connectivity index (χ2v) is 7.38.